The Morgan fingerprint density at radius 1 is 1.54 bits per heavy atom. The molecule has 0 atom stereocenters. The second-order valence-electron chi connectivity index (χ2n) is 2.70. The van der Waals surface area contributed by atoms with Crippen molar-refractivity contribution in [2.45, 2.75) is 0 Å². The molecule has 0 fully saturated rings. The lowest BCUT2D eigenvalue weighted by atomic mass is 10.1. The number of hydrogen-bond donors (Lipinski definition) is 2. The Kier molecular flexibility index (Phi) is 1.79. The van der Waals surface area contributed by atoms with E-state index < -0.39 is 0 Å². The quantitative estimate of drug-likeness (QED) is 0.689. The van der Waals surface area contributed by atoms with E-state index in [9.17, 15) is 0 Å². The highest BCUT2D eigenvalue weighted by Crippen LogP contribution is 2.13. The Morgan fingerprint density at radius 3 is 3.15 bits per heavy atom. The molecule has 5 nitrogen and oxygen atoms in total. The van der Waals surface area contributed by atoms with Gasteiger partial charge in [0.15, 0.2) is 0 Å². The van der Waals surface area contributed by atoms with Gasteiger partial charge in [-0.1, -0.05) is 6.58 Å². The van der Waals surface area contributed by atoms with E-state index in [4.69, 9.17) is 5.73 Å². The van der Waals surface area contributed by atoms with Gasteiger partial charge in [-0.3, -0.25) is 0 Å². The van der Waals surface area contributed by atoms with Crippen LogP contribution in [0.25, 0.3) is 16.7 Å². The molecule has 2 heterocycles. The van der Waals surface area contributed by atoms with Crippen LogP contribution in [0, 0.1) is 0 Å². The summed E-state index contributed by atoms with van der Waals surface area (Å²) >= 11 is 0. The fourth-order valence-electron chi connectivity index (χ4n) is 1.05. The minimum Gasteiger partial charge on any atom is -0.326 e. The monoisotopic (exact) mass is 175 g/mol. The average Bonchev–Trinajstić information content (AvgIpc) is 2.63. The second kappa shape index (κ2) is 2.95. The van der Waals surface area contributed by atoms with Gasteiger partial charge < -0.3 is 5.73 Å². The van der Waals surface area contributed by atoms with Crippen LogP contribution in [0.4, 0.5) is 0 Å². The molecule has 0 aromatic carbocycles. The van der Waals surface area contributed by atoms with Gasteiger partial charge in [-0.15, -0.1) is 5.10 Å². The molecule has 0 amide bonds. The Labute approximate surface area is 74.7 Å². The summed E-state index contributed by atoms with van der Waals surface area (Å²) in [6.45, 7) is 4.23. The molecule has 0 saturated heterocycles. The van der Waals surface area contributed by atoms with Crippen LogP contribution in [-0.4, -0.2) is 26.9 Å². The molecular weight excluding hydrogens is 166 g/mol. The highest BCUT2D eigenvalue weighted by molar-refractivity contribution is 5.75. The first-order chi connectivity index (χ1) is 6.31. The summed E-state index contributed by atoms with van der Waals surface area (Å²) in [6.07, 6.45) is 1.69. The number of pyridine rings is 1. The van der Waals surface area contributed by atoms with Gasteiger partial charge in [0, 0.05) is 12.7 Å². The van der Waals surface area contributed by atoms with Crippen molar-refractivity contribution in [2.75, 3.05) is 6.54 Å². The van der Waals surface area contributed by atoms with Crippen LogP contribution in [0.3, 0.4) is 0 Å². The zero-order valence-electron chi connectivity index (χ0n) is 6.99. The van der Waals surface area contributed by atoms with Crippen molar-refractivity contribution in [2.24, 2.45) is 5.73 Å². The third-order valence-corrected chi connectivity index (χ3v) is 1.83. The number of H-pyrrole nitrogens is 1. The summed E-state index contributed by atoms with van der Waals surface area (Å²) in [5.41, 5.74) is 8.54. The molecule has 66 valence electrons. The number of nitrogens with two attached hydrogens (primary N) is 1. The van der Waals surface area contributed by atoms with E-state index in [1.165, 1.54) is 0 Å². The molecule has 5 heteroatoms. The first kappa shape index (κ1) is 7.88. The van der Waals surface area contributed by atoms with Gasteiger partial charge in [-0.2, -0.15) is 10.3 Å². The summed E-state index contributed by atoms with van der Waals surface area (Å²) in [5, 5.41) is 10.3. The van der Waals surface area contributed by atoms with Crippen molar-refractivity contribution in [1.82, 2.24) is 20.4 Å². The SMILES string of the molecule is C=C(CN)c1cnc2n[nH]nc2c1. The first-order valence-electron chi connectivity index (χ1n) is 3.86. The van der Waals surface area contributed by atoms with E-state index in [0.717, 1.165) is 16.7 Å². The predicted octanol–water partition coefficient (Wildman–Crippen LogP) is 0.325. The third kappa shape index (κ3) is 1.29. The van der Waals surface area contributed by atoms with Gasteiger partial charge in [0.25, 0.3) is 0 Å². The normalized spacial score (nSPS) is 10.5. The van der Waals surface area contributed by atoms with Crippen LogP contribution in [0.15, 0.2) is 18.8 Å². The van der Waals surface area contributed by atoms with Crippen molar-refractivity contribution in [3.8, 4) is 0 Å². The van der Waals surface area contributed by atoms with Crippen molar-refractivity contribution >= 4 is 16.7 Å². The van der Waals surface area contributed by atoms with Gasteiger partial charge in [-0.25, -0.2) is 4.98 Å². The molecule has 3 N–H and O–H groups in total. The molecular formula is C8H9N5. The average molecular weight is 175 g/mol. The zero-order chi connectivity index (χ0) is 9.26. The zero-order valence-corrected chi connectivity index (χ0v) is 6.99. The third-order valence-electron chi connectivity index (χ3n) is 1.83. The van der Waals surface area contributed by atoms with Crippen molar-refractivity contribution in [3.63, 3.8) is 0 Å². The summed E-state index contributed by atoms with van der Waals surface area (Å²) in [6, 6.07) is 1.86. The van der Waals surface area contributed by atoms with E-state index in [1.54, 1.807) is 6.20 Å². The minimum absolute atomic E-state index is 0.422. The molecule has 0 bridgehead atoms. The highest BCUT2D eigenvalue weighted by Gasteiger charge is 2.02. The van der Waals surface area contributed by atoms with Gasteiger partial charge in [0.1, 0.15) is 5.52 Å². The summed E-state index contributed by atoms with van der Waals surface area (Å²) in [5.74, 6) is 0. The molecule has 0 unspecified atom stereocenters. The maximum Gasteiger partial charge on any atom is 0.201 e. The van der Waals surface area contributed by atoms with Gasteiger partial charge in [-0.05, 0) is 17.2 Å². The number of rotatable bonds is 2. The molecule has 13 heavy (non-hydrogen) atoms. The van der Waals surface area contributed by atoms with Gasteiger partial charge >= 0.3 is 0 Å². The lowest BCUT2D eigenvalue weighted by Crippen LogP contribution is -2.01. The van der Waals surface area contributed by atoms with Gasteiger partial charge in [0.05, 0.1) is 0 Å². The lowest BCUT2D eigenvalue weighted by molar-refractivity contribution is 0.954. The van der Waals surface area contributed by atoms with Crippen molar-refractivity contribution in [3.05, 3.63) is 24.4 Å². The Bertz CT molecular complexity index is 444. The molecule has 0 radical (unpaired) electrons. The molecule has 0 spiro atoms. The number of aromatic amines is 1. The van der Waals surface area contributed by atoms with E-state index >= 15 is 0 Å². The van der Waals surface area contributed by atoms with Crippen LogP contribution < -0.4 is 5.73 Å². The van der Waals surface area contributed by atoms with Crippen molar-refractivity contribution in [1.29, 1.82) is 0 Å². The number of hydrogen-bond acceptors (Lipinski definition) is 4. The molecule has 2 aromatic rings. The van der Waals surface area contributed by atoms with Crippen LogP contribution in [-0.2, 0) is 0 Å². The topological polar surface area (TPSA) is 80.5 Å². The highest BCUT2D eigenvalue weighted by atomic mass is 15.3. The molecule has 0 aliphatic carbocycles. The summed E-state index contributed by atoms with van der Waals surface area (Å²) < 4.78 is 0. The van der Waals surface area contributed by atoms with Crippen LogP contribution in [0.2, 0.25) is 0 Å². The molecule has 0 saturated carbocycles. The summed E-state index contributed by atoms with van der Waals surface area (Å²) in [7, 11) is 0. The van der Waals surface area contributed by atoms with E-state index in [-0.39, 0.29) is 0 Å². The minimum atomic E-state index is 0.422. The molecule has 2 aromatic heterocycles. The van der Waals surface area contributed by atoms with Crippen LogP contribution >= 0.6 is 0 Å². The van der Waals surface area contributed by atoms with E-state index in [1.807, 2.05) is 6.07 Å². The maximum absolute atomic E-state index is 5.45. The van der Waals surface area contributed by atoms with E-state index in [0.29, 0.717) is 12.2 Å². The lowest BCUT2D eigenvalue weighted by Gasteiger charge is -1.99. The molecule has 2 rings (SSSR count). The van der Waals surface area contributed by atoms with Crippen LogP contribution in [0.1, 0.15) is 5.56 Å². The van der Waals surface area contributed by atoms with Gasteiger partial charge in [0.2, 0.25) is 5.65 Å². The number of nitrogens with zero attached hydrogens (tertiary/aromatic N) is 3. The molecule has 0 aliphatic heterocycles. The summed E-state index contributed by atoms with van der Waals surface area (Å²) in [4.78, 5) is 4.09. The van der Waals surface area contributed by atoms with Crippen molar-refractivity contribution < 1.29 is 0 Å². The fourth-order valence-corrected chi connectivity index (χ4v) is 1.05. The first-order valence-corrected chi connectivity index (χ1v) is 3.86. The number of aromatic nitrogens is 4. The standard InChI is InChI=1S/C8H9N5/c1-5(3-9)6-2-7-8(10-4-6)12-13-11-7/h2,4H,1,3,9H2,(H,10,11,12,13). The smallest absolute Gasteiger partial charge is 0.201 e. The maximum atomic E-state index is 5.45. The van der Waals surface area contributed by atoms with Crippen LogP contribution in [0.5, 0.6) is 0 Å². The number of nitrogens with one attached hydrogen (secondary N) is 1. The Hall–Kier alpha value is -1.75. The Balaban J connectivity index is 2.54. The second-order valence-corrected chi connectivity index (χ2v) is 2.70. The largest absolute Gasteiger partial charge is 0.326 e. The Morgan fingerprint density at radius 2 is 2.38 bits per heavy atom. The molecule has 0 aliphatic rings. The fraction of sp³-hybridized carbons (Fsp3) is 0.125. The number of fused-ring (bicyclic) bond motifs is 1. The predicted molar refractivity (Wildman–Crippen MR) is 49.8 cm³/mol. The van der Waals surface area contributed by atoms with E-state index in [2.05, 4.69) is 27.0 Å².